The first kappa shape index (κ1) is 12.6. The number of hydrogen-bond donors (Lipinski definition) is 1. The lowest BCUT2D eigenvalue weighted by Gasteiger charge is -2.23. The van der Waals surface area contributed by atoms with Crippen molar-refractivity contribution in [1.82, 2.24) is 0 Å². The van der Waals surface area contributed by atoms with E-state index in [0.29, 0.717) is 16.3 Å². The van der Waals surface area contributed by atoms with E-state index in [0.717, 1.165) is 5.01 Å². The smallest absolute Gasteiger partial charge is 0.306 e. The highest BCUT2D eigenvalue weighted by Crippen LogP contribution is 2.47. The molecule has 1 aromatic rings. The van der Waals surface area contributed by atoms with Crippen molar-refractivity contribution in [1.29, 1.82) is 0 Å². The number of carbonyl (C=O) groups excluding carboxylic acids is 1. The van der Waals surface area contributed by atoms with Crippen molar-refractivity contribution in [2.24, 2.45) is 5.84 Å². The summed E-state index contributed by atoms with van der Waals surface area (Å²) in [6, 6.07) is 3.16. The van der Waals surface area contributed by atoms with Crippen LogP contribution in [-0.2, 0) is 20.1 Å². The summed E-state index contributed by atoms with van der Waals surface area (Å²) in [6.45, 7) is 0. The van der Waals surface area contributed by atoms with E-state index in [1.165, 1.54) is 14.2 Å². The molecule has 0 unspecified atom stereocenters. The third kappa shape index (κ3) is 1.47. The van der Waals surface area contributed by atoms with Gasteiger partial charge in [0.15, 0.2) is 0 Å². The fraction of sp³-hybridized carbons (Fsp3) is 0.300. The van der Waals surface area contributed by atoms with Crippen LogP contribution < -0.4 is 10.9 Å². The predicted molar refractivity (Wildman–Crippen MR) is 63.8 cm³/mol. The minimum atomic E-state index is -1.56. The molecular weight excluding hydrogens is 267 g/mol. The number of benzene rings is 1. The summed E-state index contributed by atoms with van der Waals surface area (Å²) in [6.07, 6.45) is 0. The summed E-state index contributed by atoms with van der Waals surface area (Å²) in [5.41, 5.74) is 0.734. The van der Waals surface area contributed by atoms with Crippen molar-refractivity contribution in [2.45, 2.75) is 5.79 Å². The van der Waals surface area contributed by atoms with Crippen molar-refractivity contribution in [3.05, 3.63) is 27.7 Å². The largest absolute Gasteiger partial charge is 0.342 e. The summed E-state index contributed by atoms with van der Waals surface area (Å²) in [5.74, 6) is 3.56. The van der Waals surface area contributed by atoms with E-state index in [1.807, 2.05) is 0 Å². The van der Waals surface area contributed by atoms with Gasteiger partial charge in [-0.2, -0.15) is 0 Å². The molecule has 2 rings (SSSR count). The van der Waals surface area contributed by atoms with Gasteiger partial charge in [-0.15, -0.1) is 0 Å². The molecule has 0 atom stereocenters. The SMILES string of the molecule is COC1(OC)C(=O)N(N)c2c1ccc(Cl)c2Cl. The highest BCUT2D eigenvalue weighted by Gasteiger charge is 2.53. The Morgan fingerprint density at radius 3 is 2.41 bits per heavy atom. The number of ether oxygens (including phenoxy) is 2. The minimum absolute atomic E-state index is 0.191. The Morgan fingerprint density at radius 2 is 1.88 bits per heavy atom. The third-order valence-electron chi connectivity index (χ3n) is 2.74. The Kier molecular flexibility index (Phi) is 3.05. The molecule has 0 aromatic heterocycles. The minimum Gasteiger partial charge on any atom is -0.342 e. The lowest BCUT2D eigenvalue weighted by Crippen LogP contribution is -2.46. The molecule has 1 heterocycles. The van der Waals surface area contributed by atoms with Gasteiger partial charge in [-0.25, -0.2) is 10.9 Å². The molecule has 0 saturated carbocycles. The van der Waals surface area contributed by atoms with Crippen LogP contribution in [0.5, 0.6) is 0 Å². The van der Waals surface area contributed by atoms with Gasteiger partial charge >= 0.3 is 5.91 Å². The molecule has 0 fully saturated rings. The Hall–Kier alpha value is -0.850. The number of rotatable bonds is 2. The summed E-state index contributed by atoms with van der Waals surface area (Å²) < 4.78 is 10.3. The highest BCUT2D eigenvalue weighted by atomic mass is 35.5. The average Bonchev–Trinajstić information content (AvgIpc) is 2.55. The van der Waals surface area contributed by atoms with Gasteiger partial charge in [0.1, 0.15) is 0 Å². The average molecular weight is 277 g/mol. The van der Waals surface area contributed by atoms with Crippen LogP contribution in [0, 0.1) is 0 Å². The van der Waals surface area contributed by atoms with Crippen LogP contribution in [0.25, 0.3) is 0 Å². The van der Waals surface area contributed by atoms with Crippen LogP contribution >= 0.6 is 23.2 Å². The van der Waals surface area contributed by atoms with Crippen LogP contribution in [-0.4, -0.2) is 20.1 Å². The molecule has 92 valence electrons. The third-order valence-corrected chi connectivity index (χ3v) is 3.53. The molecule has 1 amide bonds. The normalized spacial score (nSPS) is 17.5. The zero-order valence-corrected chi connectivity index (χ0v) is 10.7. The van der Waals surface area contributed by atoms with Gasteiger partial charge in [0, 0.05) is 19.8 Å². The van der Waals surface area contributed by atoms with Gasteiger partial charge in [-0.3, -0.25) is 4.79 Å². The molecule has 5 nitrogen and oxygen atoms in total. The monoisotopic (exact) mass is 276 g/mol. The predicted octanol–water partition coefficient (Wildman–Crippen LogP) is 1.66. The first-order valence-corrected chi connectivity index (χ1v) is 5.43. The van der Waals surface area contributed by atoms with Crippen molar-refractivity contribution in [3.8, 4) is 0 Å². The van der Waals surface area contributed by atoms with Gasteiger partial charge in [-0.05, 0) is 12.1 Å². The Morgan fingerprint density at radius 1 is 1.29 bits per heavy atom. The van der Waals surface area contributed by atoms with Gasteiger partial charge < -0.3 is 9.47 Å². The number of amides is 1. The standard InChI is InChI=1S/C10H10Cl2N2O3/c1-16-10(17-2)5-3-4-6(11)7(12)8(5)14(13)9(10)15/h3-4H,13H2,1-2H3. The molecule has 0 spiro atoms. The second-order valence-corrected chi connectivity index (χ2v) is 4.24. The fourth-order valence-corrected chi connectivity index (χ4v) is 2.30. The van der Waals surface area contributed by atoms with E-state index < -0.39 is 11.7 Å². The van der Waals surface area contributed by atoms with E-state index in [2.05, 4.69) is 0 Å². The van der Waals surface area contributed by atoms with Crippen LogP contribution in [0.2, 0.25) is 10.0 Å². The number of anilines is 1. The first-order valence-electron chi connectivity index (χ1n) is 4.67. The maximum absolute atomic E-state index is 12.1. The molecule has 1 aliphatic heterocycles. The number of hydrazine groups is 1. The molecule has 1 aromatic carbocycles. The van der Waals surface area contributed by atoms with Crippen LogP contribution in [0.3, 0.4) is 0 Å². The van der Waals surface area contributed by atoms with E-state index in [9.17, 15) is 4.79 Å². The van der Waals surface area contributed by atoms with Gasteiger partial charge in [0.25, 0.3) is 5.79 Å². The van der Waals surface area contributed by atoms with Crippen LogP contribution in [0.15, 0.2) is 12.1 Å². The molecule has 7 heteroatoms. The number of fused-ring (bicyclic) bond motifs is 1. The molecule has 17 heavy (non-hydrogen) atoms. The molecular formula is C10H10Cl2N2O3. The van der Waals surface area contributed by atoms with E-state index in [4.69, 9.17) is 38.5 Å². The number of nitrogens with two attached hydrogens (primary N) is 1. The number of hydrogen-bond acceptors (Lipinski definition) is 4. The number of methoxy groups -OCH3 is 2. The lowest BCUT2D eigenvalue weighted by molar-refractivity contribution is -0.209. The first-order chi connectivity index (χ1) is 7.99. The number of carbonyl (C=O) groups is 1. The number of nitrogens with zero attached hydrogens (tertiary/aromatic N) is 1. The second kappa shape index (κ2) is 4.12. The van der Waals surface area contributed by atoms with E-state index >= 15 is 0 Å². The lowest BCUT2D eigenvalue weighted by atomic mass is 10.1. The molecule has 2 N–H and O–H groups in total. The Bertz CT molecular complexity index is 489. The van der Waals surface area contributed by atoms with Crippen molar-refractivity contribution in [3.63, 3.8) is 0 Å². The van der Waals surface area contributed by atoms with Crippen LogP contribution in [0.1, 0.15) is 5.56 Å². The molecule has 0 radical (unpaired) electrons. The van der Waals surface area contributed by atoms with Crippen molar-refractivity contribution < 1.29 is 14.3 Å². The molecule has 1 aliphatic rings. The van der Waals surface area contributed by atoms with E-state index in [-0.39, 0.29) is 5.02 Å². The Balaban J connectivity index is 2.75. The summed E-state index contributed by atoms with van der Waals surface area (Å²) in [4.78, 5) is 12.1. The maximum Gasteiger partial charge on any atom is 0.306 e. The summed E-state index contributed by atoms with van der Waals surface area (Å²) >= 11 is 11.9. The van der Waals surface area contributed by atoms with Crippen LogP contribution in [0.4, 0.5) is 5.69 Å². The van der Waals surface area contributed by atoms with Crippen molar-refractivity contribution in [2.75, 3.05) is 19.2 Å². The maximum atomic E-state index is 12.1. The zero-order valence-electron chi connectivity index (χ0n) is 9.16. The molecule has 0 bridgehead atoms. The zero-order chi connectivity index (χ0) is 12.8. The molecule has 0 aliphatic carbocycles. The van der Waals surface area contributed by atoms with Gasteiger partial charge in [0.05, 0.1) is 15.7 Å². The quantitative estimate of drug-likeness (QED) is 0.507. The topological polar surface area (TPSA) is 64.8 Å². The number of halogens is 2. The van der Waals surface area contributed by atoms with Crippen molar-refractivity contribution >= 4 is 34.8 Å². The Labute approximate surface area is 108 Å². The molecule has 0 saturated heterocycles. The summed E-state index contributed by atoms with van der Waals surface area (Å²) in [7, 11) is 2.71. The van der Waals surface area contributed by atoms with Gasteiger partial charge in [-0.1, -0.05) is 23.2 Å². The summed E-state index contributed by atoms with van der Waals surface area (Å²) in [5, 5.41) is 1.38. The van der Waals surface area contributed by atoms with E-state index in [1.54, 1.807) is 12.1 Å². The second-order valence-electron chi connectivity index (χ2n) is 3.46. The van der Waals surface area contributed by atoms with Gasteiger partial charge in [0.2, 0.25) is 0 Å². The highest BCUT2D eigenvalue weighted by molar-refractivity contribution is 6.44. The fourth-order valence-electron chi connectivity index (χ4n) is 1.89.